The molecular formula is Cu6Fe3. The van der Waals surface area contributed by atoms with Gasteiger partial charge in [-0.2, -0.15) is 0 Å². The fourth-order valence-corrected chi connectivity index (χ4v) is 0. The standard InChI is InChI=1S/6Cu.3Fe. The Balaban J connectivity index is 0. The van der Waals surface area contributed by atoms with Crippen molar-refractivity contribution in [1.29, 1.82) is 0 Å². The van der Waals surface area contributed by atoms with Crippen LogP contribution in [0.2, 0.25) is 0 Å². The SMILES string of the molecule is [Cu].[Cu].[Cu].[Cu].[Cu].[Cu].[Fe].[Fe].[Fe]. The molecule has 0 aromatic rings. The van der Waals surface area contributed by atoms with Gasteiger partial charge in [-0.15, -0.1) is 0 Å². The molecule has 0 aromatic carbocycles. The molecule has 0 amide bonds. The van der Waals surface area contributed by atoms with Crippen LogP contribution in [0.1, 0.15) is 0 Å². The van der Waals surface area contributed by atoms with Crippen LogP contribution in [0.3, 0.4) is 0 Å². The van der Waals surface area contributed by atoms with E-state index in [-0.39, 0.29) is 154 Å². The van der Waals surface area contributed by atoms with E-state index < -0.39 is 0 Å². The van der Waals surface area contributed by atoms with Gasteiger partial charge in [0.25, 0.3) is 0 Å². The smallest absolute Gasteiger partial charge is 0 e. The van der Waals surface area contributed by atoms with Crippen molar-refractivity contribution in [2.45, 2.75) is 0 Å². The molecule has 0 rings (SSSR count). The molecule has 0 atom stereocenters. The van der Waals surface area contributed by atoms with E-state index in [1.54, 1.807) is 0 Å². The molecule has 0 aliphatic heterocycles. The summed E-state index contributed by atoms with van der Waals surface area (Å²) in [5.74, 6) is 0. The largest absolute Gasteiger partial charge is 0 e. The van der Waals surface area contributed by atoms with E-state index in [1.807, 2.05) is 0 Å². The van der Waals surface area contributed by atoms with Crippen molar-refractivity contribution in [3.8, 4) is 0 Å². The molecular weight excluding hydrogens is 549 g/mol. The third kappa shape index (κ3) is 66.1. The average Bonchev–Trinajstić information content (AvgIpc) is 0. The van der Waals surface area contributed by atoms with E-state index in [9.17, 15) is 0 Å². The Hall–Kier alpha value is 4.68. The summed E-state index contributed by atoms with van der Waals surface area (Å²) in [6.45, 7) is 0. The van der Waals surface area contributed by atoms with Gasteiger partial charge in [0.1, 0.15) is 0 Å². The summed E-state index contributed by atoms with van der Waals surface area (Å²) in [5.41, 5.74) is 0. The van der Waals surface area contributed by atoms with Crippen LogP contribution >= 0.6 is 0 Å². The Labute approximate surface area is 151 Å². The number of rotatable bonds is 0. The minimum Gasteiger partial charge on any atom is 0 e. The molecule has 0 fully saturated rings. The summed E-state index contributed by atoms with van der Waals surface area (Å²) in [6, 6.07) is 0. The van der Waals surface area contributed by atoms with Gasteiger partial charge in [0.2, 0.25) is 0 Å². The van der Waals surface area contributed by atoms with Gasteiger partial charge < -0.3 is 0 Å². The van der Waals surface area contributed by atoms with Crippen LogP contribution in [0.5, 0.6) is 0 Å². The summed E-state index contributed by atoms with van der Waals surface area (Å²) < 4.78 is 0. The minimum absolute atomic E-state index is 0. The van der Waals surface area contributed by atoms with Crippen molar-refractivity contribution in [2.24, 2.45) is 0 Å². The molecule has 0 nitrogen and oxygen atoms in total. The first-order valence-corrected chi connectivity index (χ1v) is 0. The fraction of sp³-hybridized carbons (Fsp3) is 0. The average molecular weight is 549 g/mol. The summed E-state index contributed by atoms with van der Waals surface area (Å²) in [4.78, 5) is 0. The molecule has 9 heavy (non-hydrogen) atoms. The quantitative estimate of drug-likeness (QED) is 0.374. The third-order valence-corrected chi connectivity index (χ3v) is 0. The molecule has 0 saturated heterocycles. The Morgan fingerprint density at radius 2 is 0.222 bits per heavy atom. The molecule has 0 N–H and O–H groups in total. The monoisotopic (exact) mass is 545 g/mol. The van der Waals surface area contributed by atoms with Gasteiger partial charge in [-0.3, -0.25) is 0 Å². The van der Waals surface area contributed by atoms with Crippen molar-refractivity contribution in [2.75, 3.05) is 0 Å². The Kier molecular flexibility index (Phi) is 883. The number of hydrogen-bond acceptors (Lipinski definition) is 0. The van der Waals surface area contributed by atoms with Crippen molar-refractivity contribution < 1.29 is 154 Å². The second kappa shape index (κ2) is 79.0. The Morgan fingerprint density at radius 3 is 0.222 bits per heavy atom. The van der Waals surface area contributed by atoms with Gasteiger partial charge in [-0.05, 0) is 0 Å². The molecule has 0 spiro atoms. The first kappa shape index (κ1) is 101. The van der Waals surface area contributed by atoms with Crippen LogP contribution in [0.25, 0.3) is 0 Å². The Morgan fingerprint density at radius 1 is 0.222 bits per heavy atom. The maximum Gasteiger partial charge on any atom is 0 e. The van der Waals surface area contributed by atoms with Gasteiger partial charge in [0.15, 0.2) is 0 Å². The van der Waals surface area contributed by atoms with Crippen molar-refractivity contribution >= 4 is 0 Å². The van der Waals surface area contributed by atoms with E-state index in [4.69, 9.17) is 0 Å². The molecule has 0 aromatic heterocycles. The predicted molar refractivity (Wildman–Crippen MR) is 0 cm³/mol. The van der Waals surface area contributed by atoms with Crippen LogP contribution in [-0.4, -0.2) is 0 Å². The van der Waals surface area contributed by atoms with Gasteiger partial charge in [0.05, 0.1) is 0 Å². The second-order valence-corrected chi connectivity index (χ2v) is 0. The minimum atomic E-state index is 0. The molecule has 0 unspecified atom stereocenters. The predicted octanol–water partition coefficient (Wildman–Crippen LogP) is -0.0225. The van der Waals surface area contributed by atoms with Crippen LogP contribution in [0.4, 0.5) is 0 Å². The molecule has 0 bridgehead atoms. The molecule has 0 saturated carbocycles. The van der Waals surface area contributed by atoms with Crippen LogP contribution in [-0.2, 0) is 154 Å². The van der Waals surface area contributed by atoms with Gasteiger partial charge in [-0.25, -0.2) is 0 Å². The molecule has 90 valence electrons. The first-order valence-electron chi connectivity index (χ1n) is 0. The molecule has 9 heteroatoms. The molecule has 0 aliphatic rings. The molecule has 6 radical (unpaired) electrons. The molecule has 0 heterocycles. The fourth-order valence-electron chi connectivity index (χ4n) is 0. The maximum absolute atomic E-state index is 0. The number of hydrogen-bond donors (Lipinski definition) is 0. The molecule has 0 aliphatic carbocycles. The van der Waals surface area contributed by atoms with Gasteiger partial charge in [-0.1, -0.05) is 0 Å². The van der Waals surface area contributed by atoms with E-state index >= 15 is 0 Å². The maximum atomic E-state index is 0. The Bertz CT molecular complexity index is 8.26. The van der Waals surface area contributed by atoms with Crippen molar-refractivity contribution in [3.63, 3.8) is 0 Å². The summed E-state index contributed by atoms with van der Waals surface area (Å²) in [7, 11) is 0. The topological polar surface area (TPSA) is 0 Å². The van der Waals surface area contributed by atoms with Crippen molar-refractivity contribution in [1.82, 2.24) is 0 Å². The van der Waals surface area contributed by atoms with E-state index in [0.717, 1.165) is 0 Å². The summed E-state index contributed by atoms with van der Waals surface area (Å²) >= 11 is 0. The van der Waals surface area contributed by atoms with Crippen LogP contribution in [0.15, 0.2) is 0 Å². The second-order valence-electron chi connectivity index (χ2n) is 0. The van der Waals surface area contributed by atoms with E-state index in [1.165, 1.54) is 0 Å². The summed E-state index contributed by atoms with van der Waals surface area (Å²) in [6.07, 6.45) is 0. The van der Waals surface area contributed by atoms with Crippen LogP contribution in [0, 0.1) is 0 Å². The summed E-state index contributed by atoms with van der Waals surface area (Å²) in [5, 5.41) is 0. The van der Waals surface area contributed by atoms with E-state index in [2.05, 4.69) is 0 Å². The zero-order valence-corrected chi connectivity index (χ0v) is 11.8. The first-order chi connectivity index (χ1) is 0. The van der Waals surface area contributed by atoms with Gasteiger partial charge in [0, 0.05) is 154 Å². The zero-order valence-electron chi connectivity index (χ0n) is 2.87. The normalized spacial score (nSPS) is 0. The zero-order chi connectivity index (χ0) is 0. The van der Waals surface area contributed by atoms with Crippen LogP contribution < -0.4 is 0 Å². The van der Waals surface area contributed by atoms with Gasteiger partial charge >= 0.3 is 0 Å². The van der Waals surface area contributed by atoms with Crippen molar-refractivity contribution in [3.05, 3.63) is 0 Å². The third-order valence-electron chi connectivity index (χ3n) is 0. The van der Waals surface area contributed by atoms with E-state index in [0.29, 0.717) is 0 Å².